The average Bonchev–Trinajstić information content (AvgIpc) is 2.06. The van der Waals surface area contributed by atoms with Gasteiger partial charge in [-0.25, -0.2) is 0 Å². The van der Waals surface area contributed by atoms with E-state index in [1.807, 2.05) is 7.05 Å². The van der Waals surface area contributed by atoms with E-state index in [0.29, 0.717) is 13.2 Å². The number of nitrogens with zero attached hydrogens (tertiary/aromatic N) is 1. The van der Waals surface area contributed by atoms with Crippen molar-refractivity contribution >= 4 is 0 Å². The highest BCUT2D eigenvalue weighted by atomic mass is 16.5. The summed E-state index contributed by atoms with van der Waals surface area (Å²) in [5.41, 5.74) is -0.307. The summed E-state index contributed by atoms with van der Waals surface area (Å²) in [5, 5.41) is 11.8. The Morgan fingerprint density at radius 2 is 2.10 bits per heavy atom. The summed E-state index contributed by atoms with van der Waals surface area (Å²) in [6, 6.07) is 2.28. The summed E-state index contributed by atoms with van der Waals surface area (Å²) in [5.74, 6) is 0. The second-order valence-corrected chi connectivity index (χ2v) is 2.56. The van der Waals surface area contributed by atoms with Gasteiger partial charge in [0.15, 0.2) is 0 Å². The molecule has 3 nitrogen and oxygen atoms in total. The number of hydrogen-bond donors (Lipinski definition) is 1. The molecule has 0 aromatic heterocycles. The van der Waals surface area contributed by atoms with Crippen molar-refractivity contribution in [2.75, 3.05) is 20.3 Å². The summed E-state index contributed by atoms with van der Waals surface area (Å²) >= 11 is 0. The number of nitriles is 1. The van der Waals surface area contributed by atoms with Gasteiger partial charge < -0.3 is 10.1 Å². The molecule has 0 saturated carbocycles. The zero-order valence-corrected chi connectivity index (χ0v) is 6.18. The Kier molecular flexibility index (Phi) is 2.25. The highest BCUT2D eigenvalue weighted by molar-refractivity contribution is 5.07. The van der Waals surface area contributed by atoms with Gasteiger partial charge in [-0.2, -0.15) is 5.26 Å². The van der Waals surface area contributed by atoms with Gasteiger partial charge in [0, 0.05) is 26.1 Å². The lowest BCUT2D eigenvalue weighted by Gasteiger charge is -2.29. The van der Waals surface area contributed by atoms with Crippen molar-refractivity contribution in [3.8, 4) is 6.07 Å². The molecule has 1 aliphatic heterocycles. The minimum absolute atomic E-state index is 0.307. The Morgan fingerprint density at radius 1 is 1.50 bits per heavy atom. The third-order valence-corrected chi connectivity index (χ3v) is 2.04. The Morgan fingerprint density at radius 3 is 2.40 bits per heavy atom. The second kappa shape index (κ2) is 3.00. The standard InChI is InChI=1S/C7H12N2O/c1-9-7(6-8)2-4-10-5-3-7/h9H,2-5H2,1H3. The molecule has 0 atom stereocenters. The van der Waals surface area contributed by atoms with E-state index in [0.717, 1.165) is 12.8 Å². The second-order valence-electron chi connectivity index (χ2n) is 2.56. The summed E-state index contributed by atoms with van der Waals surface area (Å²) in [4.78, 5) is 0. The van der Waals surface area contributed by atoms with Crippen molar-refractivity contribution in [3.05, 3.63) is 0 Å². The Bertz CT molecular complexity index is 144. The molecule has 0 amide bonds. The van der Waals surface area contributed by atoms with E-state index in [9.17, 15) is 0 Å². The van der Waals surface area contributed by atoms with Crippen LogP contribution in [-0.4, -0.2) is 25.8 Å². The average molecular weight is 140 g/mol. The molecule has 0 aromatic rings. The first-order chi connectivity index (χ1) is 4.83. The maximum absolute atomic E-state index is 8.77. The molecule has 3 heteroatoms. The molecule has 1 N–H and O–H groups in total. The minimum Gasteiger partial charge on any atom is -0.381 e. The summed E-state index contributed by atoms with van der Waals surface area (Å²) < 4.78 is 5.14. The Labute approximate surface area is 61.0 Å². The monoisotopic (exact) mass is 140 g/mol. The van der Waals surface area contributed by atoms with E-state index < -0.39 is 0 Å². The van der Waals surface area contributed by atoms with Crippen LogP contribution < -0.4 is 5.32 Å². The van der Waals surface area contributed by atoms with Crippen LogP contribution in [0.2, 0.25) is 0 Å². The molecule has 0 aliphatic carbocycles. The fourth-order valence-corrected chi connectivity index (χ4v) is 1.14. The van der Waals surface area contributed by atoms with Gasteiger partial charge >= 0.3 is 0 Å². The zero-order valence-electron chi connectivity index (χ0n) is 6.18. The van der Waals surface area contributed by atoms with Crippen molar-refractivity contribution in [1.82, 2.24) is 5.32 Å². The highest BCUT2D eigenvalue weighted by Crippen LogP contribution is 2.18. The van der Waals surface area contributed by atoms with Crippen LogP contribution in [0.15, 0.2) is 0 Å². The van der Waals surface area contributed by atoms with E-state index in [-0.39, 0.29) is 5.54 Å². The normalized spacial score (nSPS) is 23.6. The van der Waals surface area contributed by atoms with Crippen LogP contribution in [-0.2, 0) is 4.74 Å². The minimum atomic E-state index is -0.307. The molecule has 0 radical (unpaired) electrons. The quantitative estimate of drug-likeness (QED) is 0.569. The third kappa shape index (κ3) is 1.28. The number of nitrogens with one attached hydrogen (secondary N) is 1. The summed E-state index contributed by atoms with van der Waals surface area (Å²) in [6.07, 6.45) is 1.61. The third-order valence-electron chi connectivity index (χ3n) is 2.04. The Hall–Kier alpha value is -0.590. The highest BCUT2D eigenvalue weighted by Gasteiger charge is 2.30. The molecular weight excluding hydrogens is 128 g/mol. The first-order valence-electron chi connectivity index (χ1n) is 3.51. The smallest absolute Gasteiger partial charge is 0.110 e. The van der Waals surface area contributed by atoms with Crippen molar-refractivity contribution < 1.29 is 4.74 Å². The maximum Gasteiger partial charge on any atom is 0.110 e. The molecule has 0 spiro atoms. The fourth-order valence-electron chi connectivity index (χ4n) is 1.14. The molecule has 1 rings (SSSR count). The van der Waals surface area contributed by atoms with E-state index in [1.54, 1.807) is 0 Å². The predicted molar refractivity (Wildman–Crippen MR) is 37.5 cm³/mol. The first kappa shape index (κ1) is 7.52. The van der Waals surface area contributed by atoms with Gasteiger partial charge in [0.1, 0.15) is 5.54 Å². The molecule has 0 aromatic carbocycles. The van der Waals surface area contributed by atoms with Gasteiger partial charge in [-0.1, -0.05) is 0 Å². The largest absolute Gasteiger partial charge is 0.381 e. The van der Waals surface area contributed by atoms with Crippen molar-refractivity contribution in [1.29, 1.82) is 5.26 Å². The number of rotatable bonds is 1. The lowest BCUT2D eigenvalue weighted by Crippen LogP contribution is -2.46. The molecule has 0 unspecified atom stereocenters. The van der Waals surface area contributed by atoms with Crippen molar-refractivity contribution in [2.45, 2.75) is 18.4 Å². The van der Waals surface area contributed by atoms with E-state index >= 15 is 0 Å². The molecule has 0 bridgehead atoms. The van der Waals surface area contributed by atoms with Crippen molar-refractivity contribution in [2.24, 2.45) is 0 Å². The summed E-state index contributed by atoms with van der Waals surface area (Å²) in [7, 11) is 1.83. The fraction of sp³-hybridized carbons (Fsp3) is 0.857. The topological polar surface area (TPSA) is 45.0 Å². The lowest BCUT2D eigenvalue weighted by molar-refractivity contribution is 0.0605. The van der Waals surface area contributed by atoms with Crippen LogP contribution in [0.1, 0.15) is 12.8 Å². The van der Waals surface area contributed by atoms with Gasteiger partial charge in [0.2, 0.25) is 0 Å². The Balaban J connectivity index is 2.55. The zero-order chi connectivity index (χ0) is 7.45. The van der Waals surface area contributed by atoms with Gasteiger partial charge in [-0.3, -0.25) is 0 Å². The number of hydrogen-bond acceptors (Lipinski definition) is 3. The van der Waals surface area contributed by atoms with Gasteiger partial charge in [0.25, 0.3) is 0 Å². The van der Waals surface area contributed by atoms with Crippen LogP contribution in [0.25, 0.3) is 0 Å². The molecule has 1 heterocycles. The molecular formula is C7H12N2O. The van der Waals surface area contributed by atoms with E-state index in [1.165, 1.54) is 0 Å². The molecule has 1 fully saturated rings. The molecule has 10 heavy (non-hydrogen) atoms. The first-order valence-corrected chi connectivity index (χ1v) is 3.51. The summed E-state index contributed by atoms with van der Waals surface area (Å²) in [6.45, 7) is 1.41. The molecule has 1 aliphatic rings. The number of ether oxygens (including phenoxy) is 1. The van der Waals surface area contributed by atoms with Gasteiger partial charge in [-0.15, -0.1) is 0 Å². The lowest BCUT2D eigenvalue weighted by atomic mass is 9.92. The predicted octanol–water partition coefficient (Wildman–Crippen LogP) is 0.279. The maximum atomic E-state index is 8.77. The van der Waals surface area contributed by atoms with Crippen molar-refractivity contribution in [3.63, 3.8) is 0 Å². The molecule has 56 valence electrons. The van der Waals surface area contributed by atoms with Crippen LogP contribution in [0, 0.1) is 11.3 Å². The van der Waals surface area contributed by atoms with E-state index in [4.69, 9.17) is 10.00 Å². The van der Waals surface area contributed by atoms with Gasteiger partial charge in [-0.05, 0) is 7.05 Å². The van der Waals surface area contributed by atoms with Crippen LogP contribution in [0.3, 0.4) is 0 Å². The van der Waals surface area contributed by atoms with Crippen LogP contribution in [0.4, 0.5) is 0 Å². The van der Waals surface area contributed by atoms with Crippen LogP contribution in [0.5, 0.6) is 0 Å². The SMILES string of the molecule is CNC1(C#N)CCOCC1. The molecule has 1 saturated heterocycles. The van der Waals surface area contributed by atoms with E-state index in [2.05, 4.69) is 11.4 Å². The van der Waals surface area contributed by atoms with Crippen LogP contribution >= 0.6 is 0 Å². The van der Waals surface area contributed by atoms with Gasteiger partial charge in [0.05, 0.1) is 6.07 Å².